The van der Waals surface area contributed by atoms with Gasteiger partial charge in [-0.2, -0.15) is 0 Å². The van der Waals surface area contributed by atoms with Gasteiger partial charge in [-0.05, 0) is 42.4 Å². The van der Waals surface area contributed by atoms with Gasteiger partial charge in [-0.1, -0.05) is 60.7 Å². The van der Waals surface area contributed by atoms with Crippen molar-refractivity contribution < 1.29 is 9.21 Å². The molecule has 0 bridgehead atoms. The van der Waals surface area contributed by atoms with Gasteiger partial charge in [0.1, 0.15) is 0 Å². The third kappa shape index (κ3) is 3.57. The standard InChI is InChI=1S/C23H23NO2/c25-23(22-21(13-16-26-22)20-9-5-2-6-10-20)24-14-11-19(12-15-24)17-18-7-3-1-4-8-18/h1-10,13,16,19H,11-12,14-15,17H2. The number of amides is 1. The number of hydrogen-bond donors (Lipinski definition) is 0. The van der Waals surface area contributed by atoms with Crippen LogP contribution in [-0.4, -0.2) is 23.9 Å². The second kappa shape index (κ2) is 7.61. The number of carbonyl (C=O) groups excluding carboxylic acids is 1. The number of benzene rings is 2. The first-order chi connectivity index (χ1) is 12.8. The summed E-state index contributed by atoms with van der Waals surface area (Å²) < 4.78 is 5.57. The van der Waals surface area contributed by atoms with E-state index in [0.717, 1.165) is 43.5 Å². The molecule has 3 aromatic rings. The van der Waals surface area contributed by atoms with Crippen LogP contribution in [0.3, 0.4) is 0 Å². The van der Waals surface area contributed by atoms with Crippen LogP contribution in [0.25, 0.3) is 11.1 Å². The predicted octanol–water partition coefficient (Wildman–Crippen LogP) is 5.04. The molecule has 2 aromatic carbocycles. The van der Waals surface area contributed by atoms with Crippen molar-refractivity contribution in [3.8, 4) is 11.1 Å². The van der Waals surface area contributed by atoms with E-state index in [4.69, 9.17) is 4.42 Å². The number of rotatable bonds is 4. The van der Waals surface area contributed by atoms with E-state index in [2.05, 4.69) is 30.3 Å². The minimum atomic E-state index is 0.00649. The zero-order valence-corrected chi connectivity index (χ0v) is 14.8. The molecule has 3 heteroatoms. The van der Waals surface area contributed by atoms with Gasteiger partial charge in [-0.25, -0.2) is 0 Å². The molecule has 4 rings (SSSR count). The van der Waals surface area contributed by atoms with Gasteiger partial charge in [0.25, 0.3) is 5.91 Å². The van der Waals surface area contributed by atoms with Crippen molar-refractivity contribution in [3.05, 3.63) is 84.3 Å². The average Bonchev–Trinajstić information content (AvgIpc) is 3.19. The minimum Gasteiger partial charge on any atom is -0.459 e. The molecule has 26 heavy (non-hydrogen) atoms. The van der Waals surface area contributed by atoms with Gasteiger partial charge in [0, 0.05) is 18.7 Å². The maximum Gasteiger partial charge on any atom is 0.290 e. The molecule has 3 nitrogen and oxygen atoms in total. The van der Waals surface area contributed by atoms with Crippen molar-refractivity contribution >= 4 is 5.91 Å². The predicted molar refractivity (Wildman–Crippen MR) is 103 cm³/mol. The number of nitrogens with zero attached hydrogens (tertiary/aromatic N) is 1. The van der Waals surface area contributed by atoms with Gasteiger partial charge in [-0.15, -0.1) is 0 Å². The molecular weight excluding hydrogens is 322 g/mol. The van der Waals surface area contributed by atoms with Gasteiger partial charge < -0.3 is 9.32 Å². The summed E-state index contributed by atoms with van der Waals surface area (Å²) in [6.45, 7) is 1.59. The summed E-state index contributed by atoms with van der Waals surface area (Å²) in [6, 6.07) is 22.4. The summed E-state index contributed by atoms with van der Waals surface area (Å²) in [6.07, 6.45) is 4.79. The lowest BCUT2D eigenvalue weighted by Crippen LogP contribution is -2.38. The Labute approximate surface area is 154 Å². The first-order valence-electron chi connectivity index (χ1n) is 9.27. The van der Waals surface area contributed by atoms with Gasteiger partial charge in [0.15, 0.2) is 5.76 Å². The quantitative estimate of drug-likeness (QED) is 0.663. The van der Waals surface area contributed by atoms with Crippen LogP contribution in [0, 0.1) is 5.92 Å². The Balaban J connectivity index is 1.41. The third-order valence-electron chi connectivity index (χ3n) is 5.21. The molecule has 1 saturated heterocycles. The Morgan fingerprint density at radius 2 is 1.58 bits per heavy atom. The fraction of sp³-hybridized carbons (Fsp3) is 0.261. The van der Waals surface area contributed by atoms with E-state index in [1.807, 2.05) is 41.3 Å². The highest BCUT2D eigenvalue weighted by Gasteiger charge is 2.27. The fourth-order valence-corrected chi connectivity index (χ4v) is 3.75. The third-order valence-corrected chi connectivity index (χ3v) is 5.21. The molecule has 0 saturated carbocycles. The zero-order chi connectivity index (χ0) is 17.8. The number of hydrogen-bond acceptors (Lipinski definition) is 2. The highest BCUT2D eigenvalue weighted by Crippen LogP contribution is 2.28. The minimum absolute atomic E-state index is 0.00649. The summed E-state index contributed by atoms with van der Waals surface area (Å²) in [5.74, 6) is 1.11. The average molecular weight is 345 g/mol. The lowest BCUT2D eigenvalue weighted by molar-refractivity contribution is 0.0659. The van der Waals surface area contributed by atoms with Crippen LogP contribution in [0.4, 0.5) is 0 Å². The Morgan fingerprint density at radius 3 is 2.27 bits per heavy atom. The Bertz CT molecular complexity index is 846. The number of piperidine rings is 1. The molecule has 1 amide bonds. The van der Waals surface area contributed by atoms with E-state index in [1.165, 1.54) is 5.56 Å². The number of likely N-dealkylation sites (tertiary alicyclic amines) is 1. The number of furan rings is 1. The molecule has 0 spiro atoms. The lowest BCUT2D eigenvalue weighted by Gasteiger charge is -2.31. The smallest absolute Gasteiger partial charge is 0.290 e. The topological polar surface area (TPSA) is 33.5 Å². The second-order valence-corrected chi connectivity index (χ2v) is 6.95. The van der Waals surface area contributed by atoms with Crippen LogP contribution in [0.5, 0.6) is 0 Å². The molecule has 0 unspecified atom stereocenters. The first-order valence-corrected chi connectivity index (χ1v) is 9.27. The zero-order valence-electron chi connectivity index (χ0n) is 14.8. The molecular formula is C23H23NO2. The monoisotopic (exact) mass is 345 g/mol. The molecule has 0 N–H and O–H groups in total. The molecule has 0 radical (unpaired) electrons. The summed E-state index contributed by atoms with van der Waals surface area (Å²) in [5, 5.41) is 0. The van der Waals surface area contributed by atoms with Crippen molar-refractivity contribution in [2.75, 3.05) is 13.1 Å². The van der Waals surface area contributed by atoms with Crippen molar-refractivity contribution in [1.82, 2.24) is 4.90 Å². The van der Waals surface area contributed by atoms with Crippen LogP contribution in [-0.2, 0) is 6.42 Å². The molecule has 0 atom stereocenters. The highest BCUT2D eigenvalue weighted by atomic mass is 16.3. The van der Waals surface area contributed by atoms with Crippen molar-refractivity contribution in [2.45, 2.75) is 19.3 Å². The van der Waals surface area contributed by atoms with E-state index in [0.29, 0.717) is 11.7 Å². The summed E-state index contributed by atoms with van der Waals surface area (Å²) in [7, 11) is 0. The van der Waals surface area contributed by atoms with Crippen LogP contribution in [0.1, 0.15) is 29.0 Å². The van der Waals surface area contributed by atoms with E-state index < -0.39 is 0 Å². The number of carbonyl (C=O) groups is 1. The van der Waals surface area contributed by atoms with Crippen molar-refractivity contribution in [1.29, 1.82) is 0 Å². The molecule has 1 aliphatic heterocycles. The molecule has 0 aliphatic carbocycles. The summed E-state index contributed by atoms with van der Waals surface area (Å²) >= 11 is 0. The second-order valence-electron chi connectivity index (χ2n) is 6.95. The molecule has 1 aromatic heterocycles. The van der Waals surface area contributed by atoms with E-state index >= 15 is 0 Å². The summed E-state index contributed by atoms with van der Waals surface area (Å²) in [5.41, 5.74) is 3.28. The van der Waals surface area contributed by atoms with Crippen molar-refractivity contribution in [3.63, 3.8) is 0 Å². The SMILES string of the molecule is O=C(c1occc1-c1ccccc1)N1CCC(Cc2ccccc2)CC1. The Kier molecular flexibility index (Phi) is 4.87. The maximum absolute atomic E-state index is 13.0. The first kappa shape index (κ1) is 16.6. The van der Waals surface area contributed by atoms with Gasteiger partial charge in [0.05, 0.1) is 6.26 Å². The van der Waals surface area contributed by atoms with Crippen molar-refractivity contribution in [2.24, 2.45) is 5.92 Å². The van der Waals surface area contributed by atoms with E-state index in [1.54, 1.807) is 6.26 Å². The normalized spacial score (nSPS) is 15.2. The molecule has 132 valence electrons. The van der Waals surface area contributed by atoms with E-state index in [9.17, 15) is 4.79 Å². The van der Waals surface area contributed by atoms with Gasteiger partial charge >= 0.3 is 0 Å². The Hall–Kier alpha value is -2.81. The van der Waals surface area contributed by atoms with Crippen LogP contribution < -0.4 is 0 Å². The van der Waals surface area contributed by atoms with Crippen LogP contribution in [0.2, 0.25) is 0 Å². The Morgan fingerprint density at radius 1 is 0.923 bits per heavy atom. The molecule has 1 aliphatic rings. The summed E-state index contributed by atoms with van der Waals surface area (Å²) in [4.78, 5) is 14.9. The highest BCUT2D eigenvalue weighted by molar-refractivity contribution is 5.98. The van der Waals surface area contributed by atoms with Crippen LogP contribution >= 0.6 is 0 Å². The van der Waals surface area contributed by atoms with Gasteiger partial charge in [-0.3, -0.25) is 4.79 Å². The van der Waals surface area contributed by atoms with Gasteiger partial charge in [0.2, 0.25) is 0 Å². The maximum atomic E-state index is 13.0. The largest absolute Gasteiger partial charge is 0.459 e. The lowest BCUT2D eigenvalue weighted by atomic mass is 9.90. The molecule has 1 fully saturated rings. The fourth-order valence-electron chi connectivity index (χ4n) is 3.75. The van der Waals surface area contributed by atoms with Crippen LogP contribution in [0.15, 0.2) is 77.4 Å². The van der Waals surface area contributed by atoms with E-state index in [-0.39, 0.29) is 5.91 Å². The molecule has 2 heterocycles.